The van der Waals surface area contributed by atoms with Gasteiger partial charge in [0, 0.05) is 43.7 Å². The minimum absolute atomic E-state index is 0.0389. The maximum Gasteiger partial charge on any atom is 0.276 e. The van der Waals surface area contributed by atoms with E-state index in [0.29, 0.717) is 24.5 Å². The summed E-state index contributed by atoms with van der Waals surface area (Å²) in [7, 11) is 0. The number of aliphatic hydroxyl groups is 1. The third-order valence-electron chi connectivity index (χ3n) is 4.89. The summed E-state index contributed by atoms with van der Waals surface area (Å²) in [5.74, 6) is 0.447. The summed E-state index contributed by atoms with van der Waals surface area (Å²) in [5.41, 5.74) is 1.13. The Balaban J connectivity index is 1.69. The maximum atomic E-state index is 12.6. The number of hydrogen-bond acceptors (Lipinski definition) is 5. The van der Waals surface area contributed by atoms with E-state index < -0.39 is 0 Å². The van der Waals surface area contributed by atoms with Gasteiger partial charge in [-0.1, -0.05) is 12.1 Å². The molecule has 1 fully saturated rings. The zero-order valence-electron chi connectivity index (χ0n) is 13.2. The molecule has 0 bridgehead atoms. The van der Waals surface area contributed by atoms with Gasteiger partial charge in [0.25, 0.3) is 5.91 Å². The van der Waals surface area contributed by atoms with Crippen molar-refractivity contribution >= 4 is 5.91 Å². The van der Waals surface area contributed by atoms with Crippen LogP contribution in [0.5, 0.6) is 0 Å². The van der Waals surface area contributed by atoms with Crippen molar-refractivity contribution in [1.29, 1.82) is 0 Å². The third kappa shape index (κ3) is 3.12. The monoisotopic (exact) mass is 315 g/mol. The minimum Gasteiger partial charge on any atom is -0.396 e. The standard InChI is InChI=1S/C17H21N3O3/c1-2-17(12-21)5-9-20(10-6-17)16(22)14-11-15(23-19-14)13-3-7-18-8-4-13/h3-4,7-8,11,21H,2,5-6,9-10,12H2,1H3. The molecule has 0 aliphatic carbocycles. The predicted molar refractivity (Wildman–Crippen MR) is 84.7 cm³/mol. The number of aromatic nitrogens is 2. The highest BCUT2D eigenvalue weighted by Crippen LogP contribution is 2.34. The topological polar surface area (TPSA) is 79.5 Å². The lowest BCUT2D eigenvalue weighted by Crippen LogP contribution is -2.44. The molecule has 0 saturated carbocycles. The summed E-state index contributed by atoms with van der Waals surface area (Å²) in [6.07, 6.45) is 5.91. The molecule has 0 spiro atoms. The van der Waals surface area contributed by atoms with Crippen LogP contribution in [0.2, 0.25) is 0 Å². The molecule has 0 atom stereocenters. The lowest BCUT2D eigenvalue weighted by Gasteiger charge is -2.39. The van der Waals surface area contributed by atoms with Crippen LogP contribution >= 0.6 is 0 Å². The second-order valence-corrected chi connectivity index (χ2v) is 6.12. The molecule has 0 radical (unpaired) electrons. The van der Waals surface area contributed by atoms with Gasteiger partial charge in [-0.15, -0.1) is 0 Å². The second-order valence-electron chi connectivity index (χ2n) is 6.12. The summed E-state index contributed by atoms with van der Waals surface area (Å²) >= 11 is 0. The molecule has 122 valence electrons. The molecule has 6 heteroatoms. The van der Waals surface area contributed by atoms with E-state index in [1.807, 2.05) is 12.1 Å². The van der Waals surface area contributed by atoms with E-state index in [2.05, 4.69) is 17.1 Å². The molecule has 1 N–H and O–H groups in total. The lowest BCUT2D eigenvalue weighted by atomic mass is 9.77. The van der Waals surface area contributed by atoms with Crippen LogP contribution in [-0.4, -0.2) is 45.8 Å². The Bertz CT molecular complexity index is 655. The number of amides is 1. The van der Waals surface area contributed by atoms with E-state index in [9.17, 15) is 9.90 Å². The molecule has 1 aliphatic rings. The molecule has 2 aromatic heterocycles. The Morgan fingerprint density at radius 3 is 2.65 bits per heavy atom. The SMILES string of the molecule is CCC1(CO)CCN(C(=O)c2cc(-c3ccncc3)on2)CC1. The highest BCUT2D eigenvalue weighted by molar-refractivity contribution is 5.93. The van der Waals surface area contributed by atoms with Gasteiger partial charge in [-0.25, -0.2) is 0 Å². The first kappa shape index (κ1) is 15.7. The predicted octanol–water partition coefficient (Wildman–Crippen LogP) is 2.36. The van der Waals surface area contributed by atoms with Crippen LogP contribution in [0, 0.1) is 5.41 Å². The Morgan fingerprint density at radius 2 is 2.04 bits per heavy atom. The number of likely N-dealkylation sites (tertiary alicyclic amines) is 1. The van der Waals surface area contributed by atoms with Crippen molar-refractivity contribution in [1.82, 2.24) is 15.0 Å². The number of carbonyl (C=O) groups excluding carboxylic acids is 1. The number of carbonyl (C=O) groups is 1. The van der Waals surface area contributed by atoms with Gasteiger partial charge in [0.2, 0.25) is 0 Å². The Kier molecular flexibility index (Phi) is 4.43. The van der Waals surface area contributed by atoms with Gasteiger partial charge in [-0.05, 0) is 36.8 Å². The molecule has 6 nitrogen and oxygen atoms in total. The molecule has 0 aromatic carbocycles. The molecular weight excluding hydrogens is 294 g/mol. The molecular formula is C17H21N3O3. The van der Waals surface area contributed by atoms with Crippen molar-refractivity contribution in [2.24, 2.45) is 5.41 Å². The second kappa shape index (κ2) is 6.50. The first-order valence-corrected chi connectivity index (χ1v) is 7.95. The van der Waals surface area contributed by atoms with Gasteiger partial charge >= 0.3 is 0 Å². The van der Waals surface area contributed by atoms with Crippen molar-refractivity contribution in [2.45, 2.75) is 26.2 Å². The molecule has 1 aliphatic heterocycles. The lowest BCUT2D eigenvalue weighted by molar-refractivity contribution is 0.0332. The summed E-state index contributed by atoms with van der Waals surface area (Å²) in [6, 6.07) is 5.30. The van der Waals surface area contributed by atoms with Gasteiger partial charge < -0.3 is 14.5 Å². The minimum atomic E-state index is -0.114. The number of aliphatic hydroxyl groups excluding tert-OH is 1. The average molecular weight is 315 g/mol. The summed E-state index contributed by atoms with van der Waals surface area (Å²) < 4.78 is 5.28. The van der Waals surface area contributed by atoms with E-state index in [0.717, 1.165) is 24.8 Å². The molecule has 3 rings (SSSR count). The number of piperidine rings is 1. The largest absolute Gasteiger partial charge is 0.396 e. The zero-order chi connectivity index (χ0) is 16.3. The van der Waals surface area contributed by atoms with Crippen molar-refractivity contribution in [3.05, 3.63) is 36.3 Å². The maximum absolute atomic E-state index is 12.6. The van der Waals surface area contributed by atoms with Crippen LogP contribution in [-0.2, 0) is 0 Å². The van der Waals surface area contributed by atoms with Crippen molar-refractivity contribution in [2.75, 3.05) is 19.7 Å². The van der Waals surface area contributed by atoms with Crippen LogP contribution in [0.4, 0.5) is 0 Å². The summed E-state index contributed by atoms with van der Waals surface area (Å²) in [6.45, 7) is 3.56. The van der Waals surface area contributed by atoms with Crippen LogP contribution < -0.4 is 0 Å². The Morgan fingerprint density at radius 1 is 1.35 bits per heavy atom. The van der Waals surface area contributed by atoms with Crippen molar-refractivity contribution in [3.8, 4) is 11.3 Å². The van der Waals surface area contributed by atoms with Crippen LogP contribution in [0.3, 0.4) is 0 Å². The first-order chi connectivity index (χ1) is 11.2. The summed E-state index contributed by atoms with van der Waals surface area (Å²) in [4.78, 5) is 18.3. The smallest absolute Gasteiger partial charge is 0.276 e. The third-order valence-corrected chi connectivity index (χ3v) is 4.89. The summed E-state index contributed by atoms with van der Waals surface area (Å²) in [5, 5.41) is 13.5. The average Bonchev–Trinajstić information content (AvgIpc) is 3.12. The van der Waals surface area contributed by atoms with Crippen molar-refractivity contribution < 1.29 is 14.4 Å². The van der Waals surface area contributed by atoms with Gasteiger partial charge in [0.1, 0.15) is 0 Å². The van der Waals surface area contributed by atoms with Crippen LogP contribution in [0.1, 0.15) is 36.7 Å². The number of rotatable bonds is 4. The van der Waals surface area contributed by atoms with Crippen LogP contribution in [0.25, 0.3) is 11.3 Å². The van der Waals surface area contributed by atoms with Crippen LogP contribution in [0.15, 0.2) is 35.1 Å². The molecule has 1 saturated heterocycles. The van der Waals surface area contributed by atoms with Gasteiger partial charge in [-0.3, -0.25) is 9.78 Å². The normalized spacial score (nSPS) is 17.2. The number of nitrogens with zero attached hydrogens (tertiary/aromatic N) is 3. The van der Waals surface area contributed by atoms with Gasteiger partial charge in [0.15, 0.2) is 11.5 Å². The van der Waals surface area contributed by atoms with E-state index in [1.165, 1.54) is 0 Å². The fraction of sp³-hybridized carbons (Fsp3) is 0.471. The highest BCUT2D eigenvalue weighted by atomic mass is 16.5. The number of pyridine rings is 1. The van der Waals surface area contributed by atoms with E-state index in [4.69, 9.17) is 4.52 Å². The fourth-order valence-corrected chi connectivity index (χ4v) is 3.00. The Hall–Kier alpha value is -2.21. The van der Waals surface area contributed by atoms with Gasteiger partial charge in [0.05, 0.1) is 0 Å². The first-order valence-electron chi connectivity index (χ1n) is 7.95. The quantitative estimate of drug-likeness (QED) is 0.937. The fourth-order valence-electron chi connectivity index (χ4n) is 3.00. The number of hydrogen-bond donors (Lipinski definition) is 1. The molecule has 2 aromatic rings. The van der Waals surface area contributed by atoms with E-state index in [1.54, 1.807) is 23.4 Å². The van der Waals surface area contributed by atoms with E-state index in [-0.39, 0.29) is 17.9 Å². The zero-order valence-corrected chi connectivity index (χ0v) is 13.2. The van der Waals surface area contributed by atoms with Gasteiger partial charge in [-0.2, -0.15) is 0 Å². The molecule has 23 heavy (non-hydrogen) atoms. The molecule has 3 heterocycles. The van der Waals surface area contributed by atoms with Crippen molar-refractivity contribution in [3.63, 3.8) is 0 Å². The Labute approximate surface area is 135 Å². The highest BCUT2D eigenvalue weighted by Gasteiger charge is 2.34. The van der Waals surface area contributed by atoms with E-state index >= 15 is 0 Å². The molecule has 1 amide bonds. The molecule has 0 unspecified atom stereocenters.